The van der Waals surface area contributed by atoms with Gasteiger partial charge < -0.3 is 10.1 Å². The monoisotopic (exact) mass is 261 g/mol. The molecule has 1 atom stereocenters. The number of ether oxygens (including phenoxy) is 1. The third kappa shape index (κ3) is 3.81. The van der Waals surface area contributed by atoms with E-state index in [9.17, 15) is 9.59 Å². The summed E-state index contributed by atoms with van der Waals surface area (Å²) >= 11 is 0. The van der Waals surface area contributed by atoms with Crippen LogP contribution in [0.3, 0.4) is 0 Å². The Labute approximate surface area is 113 Å². The van der Waals surface area contributed by atoms with E-state index in [2.05, 4.69) is 5.32 Å². The van der Waals surface area contributed by atoms with Crippen molar-refractivity contribution in [1.82, 2.24) is 5.32 Å². The minimum absolute atomic E-state index is 0.234. The molecule has 1 saturated carbocycles. The first-order valence-electron chi connectivity index (χ1n) is 6.63. The summed E-state index contributed by atoms with van der Waals surface area (Å²) in [4.78, 5) is 23.9. The summed E-state index contributed by atoms with van der Waals surface area (Å²) in [7, 11) is 0. The van der Waals surface area contributed by atoms with Crippen LogP contribution in [0.5, 0.6) is 0 Å². The van der Waals surface area contributed by atoms with E-state index in [0.717, 1.165) is 12.8 Å². The van der Waals surface area contributed by atoms with Gasteiger partial charge in [0.25, 0.3) is 5.91 Å². The van der Waals surface area contributed by atoms with Crippen LogP contribution in [0.15, 0.2) is 30.3 Å². The molecule has 1 aromatic carbocycles. The third-order valence-corrected chi connectivity index (χ3v) is 2.97. The second-order valence-corrected chi connectivity index (χ2v) is 5.17. The molecule has 0 spiro atoms. The minimum Gasteiger partial charge on any atom is -0.447 e. The Kier molecular flexibility index (Phi) is 4.20. The molecule has 0 radical (unpaired) electrons. The van der Waals surface area contributed by atoms with E-state index in [1.165, 1.54) is 0 Å². The van der Waals surface area contributed by atoms with Gasteiger partial charge >= 0.3 is 5.97 Å². The van der Waals surface area contributed by atoms with Crippen molar-refractivity contribution in [2.45, 2.75) is 38.8 Å². The lowest BCUT2D eigenvalue weighted by atomic mass is 10.1. The predicted octanol–water partition coefficient (Wildman–Crippen LogP) is 2.21. The lowest BCUT2D eigenvalue weighted by Crippen LogP contribution is -2.34. The maximum absolute atomic E-state index is 12.2. The second kappa shape index (κ2) is 5.87. The largest absolute Gasteiger partial charge is 0.447 e. The number of nitrogens with one attached hydrogen (secondary N) is 1. The quantitative estimate of drug-likeness (QED) is 0.827. The molecule has 1 aliphatic rings. The van der Waals surface area contributed by atoms with E-state index < -0.39 is 6.10 Å². The molecule has 1 aliphatic carbocycles. The fraction of sp³-hybridized carbons (Fsp3) is 0.467. The van der Waals surface area contributed by atoms with Gasteiger partial charge in [0.2, 0.25) is 6.10 Å². The zero-order chi connectivity index (χ0) is 13.8. The van der Waals surface area contributed by atoms with Crippen LogP contribution >= 0.6 is 0 Å². The van der Waals surface area contributed by atoms with Crippen LogP contribution in [-0.2, 0) is 14.3 Å². The van der Waals surface area contributed by atoms with Crippen molar-refractivity contribution in [1.29, 1.82) is 0 Å². The van der Waals surface area contributed by atoms with Gasteiger partial charge in [-0.1, -0.05) is 44.2 Å². The first-order valence-corrected chi connectivity index (χ1v) is 6.63. The summed E-state index contributed by atoms with van der Waals surface area (Å²) in [6, 6.07) is 9.36. The van der Waals surface area contributed by atoms with Gasteiger partial charge in [-0.15, -0.1) is 0 Å². The molecule has 0 aliphatic heterocycles. The van der Waals surface area contributed by atoms with E-state index in [1.54, 1.807) is 26.0 Å². The summed E-state index contributed by atoms with van der Waals surface area (Å²) < 4.78 is 5.34. The highest BCUT2D eigenvalue weighted by molar-refractivity contribution is 5.85. The average Bonchev–Trinajstić information content (AvgIpc) is 3.20. The summed E-state index contributed by atoms with van der Waals surface area (Å²) in [5.41, 5.74) is 0.703. The van der Waals surface area contributed by atoms with Crippen LogP contribution in [-0.4, -0.2) is 17.9 Å². The van der Waals surface area contributed by atoms with Crippen LogP contribution in [0.25, 0.3) is 0 Å². The summed E-state index contributed by atoms with van der Waals surface area (Å²) in [5.74, 6) is -0.845. The molecule has 0 heterocycles. The maximum atomic E-state index is 12.2. The Bertz CT molecular complexity index is 452. The molecule has 102 valence electrons. The molecule has 1 amide bonds. The maximum Gasteiger partial charge on any atom is 0.309 e. The van der Waals surface area contributed by atoms with Gasteiger partial charge in [-0.2, -0.15) is 0 Å². The van der Waals surface area contributed by atoms with E-state index in [4.69, 9.17) is 4.74 Å². The van der Waals surface area contributed by atoms with Crippen molar-refractivity contribution in [3.05, 3.63) is 35.9 Å². The van der Waals surface area contributed by atoms with Crippen LogP contribution in [0.4, 0.5) is 0 Å². The second-order valence-electron chi connectivity index (χ2n) is 5.17. The molecular formula is C15H19NO3. The molecule has 19 heavy (non-hydrogen) atoms. The van der Waals surface area contributed by atoms with E-state index in [0.29, 0.717) is 5.56 Å². The first kappa shape index (κ1) is 13.6. The molecule has 4 heteroatoms. The normalized spacial score (nSPS) is 15.9. The topological polar surface area (TPSA) is 55.4 Å². The Morgan fingerprint density at radius 2 is 1.84 bits per heavy atom. The van der Waals surface area contributed by atoms with Crippen LogP contribution < -0.4 is 5.32 Å². The highest BCUT2D eigenvalue weighted by Gasteiger charge is 2.31. The Morgan fingerprint density at radius 1 is 1.21 bits per heavy atom. The van der Waals surface area contributed by atoms with Gasteiger partial charge in [0, 0.05) is 11.6 Å². The standard InChI is InChI=1S/C15H19NO3/c1-10(2)15(18)19-13(11-6-4-3-5-7-11)14(17)16-12-8-9-12/h3-7,10,12-13H,8-9H2,1-2H3,(H,16,17)/t13-/m0/s1. The summed E-state index contributed by atoms with van der Waals surface area (Å²) in [6.07, 6.45) is 1.16. The Hall–Kier alpha value is -1.84. The number of carbonyl (C=O) groups excluding carboxylic acids is 2. The lowest BCUT2D eigenvalue weighted by Gasteiger charge is -2.19. The number of amides is 1. The first-order chi connectivity index (χ1) is 9.08. The summed E-state index contributed by atoms with van der Waals surface area (Å²) in [6.45, 7) is 3.51. The SMILES string of the molecule is CC(C)C(=O)O[C@H](C(=O)NC1CC1)c1ccccc1. The average molecular weight is 261 g/mol. The fourth-order valence-electron chi connectivity index (χ4n) is 1.66. The molecule has 0 saturated heterocycles. The van der Waals surface area contributed by atoms with Crippen LogP contribution in [0.2, 0.25) is 0 Å². The molecule has 1 fully saturated rings. The van der Waals surface area contributed by atoms with Crippen LogP contribution in [0, 0.1) is 5.92 Å². The van der Waals surface area contributed by atoms with E-state index >= 15 is 0 Å². The van der Waals surface area contributed by atoms with Gasteiger partial charge in [-0.3, -0.25) is 9.59 Å². The Morgan fingerprint density at radius 3 is 2.37 bits per heavy atom. The van der Waals surface area contributed by atoms with Crippen molar-refractivity contribution in [3.63, 3.8) is 0 Å². The molecule has 2 rings (SSSR count). The molecule has 0 bridgehead atoms. The van der Waals surface area contributed by atoms with Crippen molar-refractivity contribution in [2.24, 2.45) is 5.92 Å². The minimum atomic E-state index is -0.850. The smallest absolute Gasteiger partial charge is 0.309 e. The molecule has 0 aromatic heterocycles. The predicted molar refractivity (Wildman–Crippen MR) is 71.3 cm³/mol. The van der Waals surface area contributed by atoms with Gasteiger partial charge in [0.05, 0.1) is 5.92 Å². The number of carbonyl (C=O) groups is 2. The zero-order valence-corrected chi connectivity index (χ0v) is 11.3. The molecule has 1 aromatic rings. The summed E-state index contributed by atoms with van der Waals surface area (Å²) in [5, 5.41) is 2.88. The molecule has 0 unspecified atom stereocenters. The van der Waals surface area contributed by atoms with Gasteiger partial charge in [0.15, 0.2) is 0 Å². The molecular weight excluding hydrogens is 242 g/mol. The number of hydrogen-bond acceptors (Lipinski definition) is 3. The van der Waals surface area contributed by atoms with Gasteiger partial charge in [-0.25, -0.2) is 0 Å². The van der Waals surface area contributed by atoms with Gasteiger partial charge in [0.1, 0.15) is 0 Å². The number of benzene rings is 1. The van der Waals surface area contributed by atoms with Crippen molar-refractivity contribution in [3.8, 4) is 0 Å². The van der Waals surface area contributed by atoms with Crippen molar-refractivity contribution >= 4 is 11.9 Å². The van der Waals surface area contributed by atoms with E-state index in [-0.39, 0.29) is 23.8 Å². The molecule has 4 nitrogen and oxygen atoms in total. The number of esters is 1. The van der Waals surface area contributed by atoms with Crippen LogP contribution in [0.1, 0.15) is 38.4 Å². The molecule has 1 N–H and O–H groups in total. The highest BCUT2D eigenvalue weighted by Crippen LogP contribution is 2.23. The zero-order valence-electron chi connectivity index (χ0n) is 11.3. The van der Waals surface area contributed by atoms with Crippen molar-refractivity contribution in [2.75, 3.05) is 0 Å². The lowest BCUT2D eigenvalue weighted by molar-refractivity contribution is -0.159. The fourth-order valence-corrected chi connectivity index (χ4v) is 1.66. The van der Waals surface area contributed by atoms with Gasteiger partial charge in [-0.05, 0) is 12.8 Å². The number of hydrogen-bond donors (Lipinski definition) is 1. The van der Waals surface area contributed by atoms with E-state index in [1.807, 2.05) is 18.2 Å². The Balaban J connectivity index is 2.12. The third-order valence-electron chi connectivity index (χ3n) is 2.97. The number of rotatable bonds is 5. The van der Waals surface area contributed by atoms with Crippen molar-refractivity contribution < 1.29 is 14.3 Å². The highest BCUT2D eigenvalue weighted by atomic mass is 16.5.